The van der Waals surface area contributed by atoms with Crippen molar-refractivity contribution in [3.05, 3.63) is 29.3 Å². The van der Waals surface area contributed by atoms with Crippen LogP contribution < -0.4 is 10.1 Å². The Balaban J connectivity index is 1.84. The molecular formula is C22H31NO6. The van der Waals surface area contributed by atoms with E-state index in [0.717, 1.165) is 11.3 Å². The molecule has 1 fully saturated rings. The lowest BCUT2D eigenvalue weighted by molar-refractivity contribution is -0.156. The average molecular weight is 405 g/mol. The molecule has 1 amide bonds. The Morgan fingerprint density at radius 1 is 1.07 bits per heavy atom. The third-order valence-corrected chi connectivity index (χ3v) is 5.62. The molecule has 0 heterocycles. The smallest absolute Gasteiger partial charge is 0.331 e. The molecule has 0 aromatic heterocycles. The number of methoxy groups -OCH3 is 2. The fourth-order valence-corrected chi connectivity index (χ4v) is 3.64. The van der Waals surface area contributed by atoms with Gasteiger partial charge >= 0.3 is 11.9 Å². The predicted octanol–water partition coefficient (Wildman–Crippen LogP) is 2.85. The molecular weight excluding hydrogens is 374 g/mol. The maximum absolute atomic E-state index is 12.5. The molecule has 0 saturated heterocycles. The molecule has 1 aliphatic carbocycles. The molecule has 0 atom stereocenters. The van der Waals surface area contributed by atoms with E-state index in [2.05, 4.69) is 5.32 Å². The van der Waals surface area contributed by atoms with E-state index < -0.39 is 11.5 Å². The number of carbonyl (C=O) groups is 3. The number of hydrogen-bond acceptors (Lipinski definition) is 6. The van der Waals surface area contributed by atoms with Crippen LogP contribution in [0.2, 0.25) is 0 Å². The number of ether oxygens (including phenoxy) is 3. The maximum atomic E-state index is 12.5. The quantitative estimate of drug-likeness (QED) is 0.528. The van der Waals surface area contributed by atoms with Crippen LogP contribution in [0.4, 0.5) is 0 Å². The van der Waals surface area contributed by atoms with Gasteiger partial charge in [-0.15, -0.1) is 0 Å². The highest BCUT2D eigenvalue weighted by atomic mass is 16.5. The van der Waals surface area contributed by atoms with Crippen molar-refractivity contribution in [1.29, 1.82) is 0 Å². The number of amides is 1. The Morgan fingerprint density at radius 2 is 1.76 bits per heavy atom. The van der Waals surface area contributed by atoms with Gasteiger partial charge < -0.3 is 19.5 Å². The summed E-state index contributed by atoms with van der Waals surface area (Å²) < 4.78 is 15.4. The van der Waals surface area contributed by atoms with E-state index >= 15 is 0 Å². The van der Waals surface area contributed by atoms with Crippen LogP contribution in [0.15, 0.2) is 18.2 Å². The van der Waals surface area contributed by atoms with E-state index in [1.807, 2.05) is 32.0 Å². The molecule has 1 aromatic rings. The molecule has 7 nitrogen and oxygen atoms in total. The first-order valence-corrected chi connectivity index (χ1v) is 9.98. The summed E-state index contributed by atoms with van der Waals surface area (Å²) in [5.74, 6) is -0.448. The highest BCUT2D eigenvalue weighted by molar-refractivity contribution is 5.88. The topological polar surface area (TPSA) is 90.9 Å². The summed E-state index contributed by atoms with van der Waals surface area (Å²) in [4.78, 5) is 36.6. The van der Waals surface area contributed by atoms with Crippen molar-refractivity contribution in [2.24, 2.45) is 5.92 Å². The van der Waals surface area contributed by atoms with E-state index in [9.17, 15) is 14.4 Å². The number of aryl methyl sites for hydroxylation is 2. The van der Waals surface area contributed by atoms with Crippen molar-refractivity contribution in [3.63, 3.8) is 0 Å². The second kappa shape index (κ2) is 10.3. The molecule has 0 radical (unpaired) electrons. The standard InChI is InChI=1S/C22H31NO6/c1-15-7-8-18(14-16(15)2)29-13-5-6-19(24)23-22(21(26)28-4)11-9-17(10-12-22)20(25)27-3/h7-8,14,17H,5-6,9-13H2,1-4H3,(H,23,24). The van der Waals surface area contributed by atoms with E-state index in [-0.39, 0.29) is 24.2 Å². The minimum absolute atomic E-state index is 0.226. The van der Waals surface area contributed by atoms with Crippen molar-refractivity contribution < 1.29 is 28.6 Å². The molecule has 7 heteroatoms. The Kier molecular flexibility index (Phi) is 8.05. The van der Waals surface area contributed by atoms with Gasteiger partial charge in [-0.1, -0.05) is 6.07 Å². The summed E-state index contributed by atoms with van der Waals surface area (Å²) in [5.41, 5.74) is 1.28. The van der Waals surface area contributed by atoms with Gasteiger partial charge in [-0.25, -0.2) is 4.79 Å². The number of benzene rings is 1. The SMILES string of the molecule is COC(=O)C1CCC(NC(=O)CCCOc2ccc(C)c(C)c2)(C(=O)OC)CC1. The first-order chi connectivity index (χ1) is 13.8. The molecule has 29 heavy (non-hydrogen) atoms. The van der Waals surface area contributed by atoms with Crippen LogP contribution in [0.1, 0.15) is 49.7 Å². The second-order valence-corrected chi connectivity index (χ2v) is 7.62. The van der Waals surface area contributed by atoms with Gasteiger partial charge in [0.15, 0.2) is 0 Å². The highest BCUT2D eigenvalue weighted by Crippen LogP contribution is 2.34. The molecule has 1 saturated carbocycles. The minimum Gasteiger partial charge on any atom is -0.494 e. The fourth-order valence-electron chi connectivity index (χ4n) is 3.64. The van der Waals surface area contributed by atoms with Crippen LogP contribution in [0.3, 0.4) is 0 Å². The third kappa shape index (κ3) is 5.95. The van der Waals surface area contributed by atoms with Crippen LogP contribution in [-0.2, 0) is 23.9 Å². The summed E-state index contributed by atoms with van der Waals surface area (Å²) >= 11 is 0. The first kappa shape index (κ1) is 22.7. The Labute approximate surface area is 172 Å². The largest absolute Gasteiger partial charge is 0.494 e. The van der Waals surface area contributed by atoms with E-state index in [0.29, 0.717) is 38.7 Å². The zero-order chi connectivity index (χ0) is 21.4. The molecule has 0 unspecified atom stereocenters. The number of nitrogens with one attached hydrogen (secondary N) is 1. The zero-order valence-electron chi connectivity index (χ0n) is 17.7. The Bertz CT molecular complexity index is 737. The van der Waals surface area contributed by atoms with Crippen LogP contribution in [0.25, 0.3) is 0 Å². The van der Waals surface area contributed by atoms with Crippen molar-refractivity contribution in [2.75, 3.05) is 20.8 Å². The lowest BCUT2D eigenvalue weighted by Gasteiger charge is -2.37. The van der Waals surface area contributed by atoms with Gasteiger partial charge in [0.2, 0.25) is 5.91 Å². The molecule has 0 bridgehead atoms. The zero-order valence-corrected chi connectivity index (χ0v) is 17.7. The fraction of sp³-hybridized carbons (Fsp3) is 0.591. The summed E-state index contributed by atoms with van der Waals surface area (Å²) in [7, 11) is 2.66. The molecule has 1 aliphatic rings. The van der Waals surface area contributed by atoms with Crippen LogP contribution in [-0.4, -0.2) is 44.2 Å². The minimum atomic E-state index is -1.08. The van der Waals surface area contributed by atoms with Crippen LogP contribution in [0.5, 0.6) is 5.75 Å². The van der Waals surface area contributed by atoms with Crippen molar-refractivity contribution >= 4 is 17.8 Å². The van der Waals surface area contributed by atoms with Gasteiger partial charge in [0.05, 0.1) is 26.7 Å². The average Bonchev–Trinajstić information content (AvgIpc) is 2.73. The van der Waals surface area contributed by atoms with Crippen molar-refractivity contribution in [2.45, 2.75) is 57.9 Å². The lowest BCUT2D eigenvalue weighted by atomic mass is 9.76. The molecule has 1 aromatic carbocycles. The molecule has 0 aliphatic heterocycles. The lowest BCUT2D eigenvalue weighted by Crippen LogP contribution is -2.57. The molecule has 0 spiro atoms. The molecule has 1 N–H and O–H groups in total. The van der Waals surface area contributed by atoms with Gasteiger partial charge in [0, 0.05) is 6.42 Å². The Morgan fingerprint density at radius 3 is 2.34 bits per heavy atom. The van der Waals surface area contributed by atoms with Crippen LogP contribution in [0, 0.1) is 19.8 Å². The molecule has 2 rings (SSSR count). The van der Waals surface area contributed by atoms with Gasteiger partial charge in [-0.2, -0.15) is 0 Å². The summed E-state index contributed by atoms with van der Waals surface area (Å²) in [6, 6.07) is 5.89. The highest BCUT2D eigenvalue weighted by Gasteiger charge is 2.45. The van der Waals surface area contributed by atoms with Crippen LogP contribution >= 0.6 is 0 Å². The molecule has 160 valence electrons. The van der Waals surface area contributed by atoms with Gasteiger partial charge in [-0.05, 0) is 69.2 Å². The normalized spacial score (nSPS) is 21.2. The maximum Gasteiger partial charge on any atom is 0.331 e. The number of carbonyl (C=O) groups excluding carboxylic acids is 3. The monoisotopic (exact) mass is 405 g/mol. The number of esters is 2. The Hall–Kier alpha value is -2.57. The number of hydrogen-bond donors (Lipinski definition) is 1. The predicted molar refractivity (Wildman–Crippen MR) is 108 cm³/mol. The van der Waals surface area contributed by atoms with Crippen molar-refractivity contribution in [3.8, 4) is 5.75 Å². The van der Waals surface area contributed by atoms with E-state index in [4.69, 9.17) is 14.2 Å². The van der Waals surface area contributed by atoms with Gasteiger partial charge in [0.1, 0.15) is 11.3 Å². The van der Waals surface area contributed by atoms with E-state index in [1.165, 1.54) is 19.8 Å². The summed E-state index contributed by atoms with van der Waals surface area (Å²) in [5, 5.41) is 2.85. The van der Waals surface area contributed by atoms with Crippen molar-refractivity contribution in [1.82, 2.24) is 5.32 Å². The van der Waals surface area contributed by atoms with Gasteiger partial charge in [-0.3, -0.25) is 9.59 Å². The summed E-state index contributed by atoms with van der Waals surface area (Å²) in [6.45, 7) is 4.47. The summed E-state index contributed by atoms with van der Waals surface area (Å²) in [6.07, 6.45) is 2.41. The van der Waals surface area contributed by atoms with E-state index in [1.54, 1.807) is 0 Å². The van der Waals surface area contributed by atoms with Gasteiger partial charge in [0.25, 0.3) is 0 Å². The number of rotatable bonds is 8. The third-order valence-electron chi connectivity index (χ3n) is 5.62. The second-order valence-electron chi connectivity index (χ2n) is 7.62. The first-order valence-electron chi connectivity index (χ1n) is 9.98.